The lowest BCUT2D eigenvalue weighted by Crippen LogP contribution is -2.10. The van der Waals surface area contributed by atoms with Crippen LogP contribution in [-0.4, -0.2) is 52.8 Å². The van der Waals surface area contributed by atoms with E-state index < -0.39 is 11.6 Å². The van der Waals surface area contributed by atoms with E-state index in [1.807, 2.05) is 38.4 Å². The standard InChI is InChI=1S/C23H22F2N6O/c1-31(2)10-4-5-14-6-9-20(32-3)16(11-14)21-17-13-26-23(28-22(17)30-29-21)27-19-8-7-15(24)12-18(19)25/h4-9,11-13H,10H2,1-3H3,(H2,26,27,28,29,30). The minimum Gasteiger partial charge on any atom is -0.496 e. The Hall–Kier alpha value is -3.85. The Kier molecular flexibility index (Phi) is 6.09. The number of likely N-dealkylation sites (N-methyl/N-ethyl adjacent to an activating group) is 1. The second kappa shape index (κ2) is 9.11. The highest BCUT2D eigenvalue weighted by Gasteiger charge is 2.16. The van der Waals surface area contributed by atoms with Crippen molar-refractivity contribution in [2.75, 3.05) is 33.1 Å². The van der Waals surface area contributed by atoms with Gasteiger partial charge in [0, 0.05) is 24.4 Å². The molecule has 0 aliphatic heterocycles. The fourth-order valence-corrected chi connectivity index (χ4v) is 3.20. The first-order valence-corrected chi connectivity index (χ1v) is 9.87. The summed E-state index contributed by atoms with van der Waals surface area (Å²) in [5.41, 5.74) is 2.98. The van der Waals surface area contributed by atoms with Gasteiger partial charge in [0.1, 0.15) is 23.1 Å². The summed E-state index contributed by atoms with van der Waals surface area (Å²) in [6.07, 6.45) is 5.70. The molecule has 4 rings (SSSR count). The molecule has 32 heavy (non-hydrogen) atoms. The second-order valence-electron chi connectivity index (χ2n) is 7.40. The Balaban J connectivity index is 1.67. The molecule has 0 saturated heterocycles. The highest BCUT2D eigenvalue weighted by atomic mass is 19.1. The number of anilines is 2. The lowest BCUT2D eigenvalue weighted by molar-refractivity contribution is 0.416. The zero-order valence-corrected chi connectivity index (χ0v) is 17.9. The fourth-order valence-electron chi connectivity index (χ4n) is 3.20. The van der Waals surface area contributed by atoms with Crippen molar-refractivity contribution in [3.8, 4) is 17.0 Å². The number of aromatic amines is 1. The molecule has 2 aromatic carbocycles. The third-order valence-corrected chi connectivity index (χ3v) is 4.75. The van der Waals surface area contributed by atoms with E-state index in [2.05, 4.69) is 36.5 Å². The summed E-state index contributed by atoms with van der Waals surface area (Å²) in [6, 6.07) is 9.09. The summed E-state index contributed by atoms with van der Waals surface area (Å²) < 4.78 is 32.6. The summed E-state index contributed by atoms with van der Waals surface area (Å²) >= 11 is 0. The highest BCUT2D eigenvalue weighted by molar-refractivity contribution is 5.93. The number of fused-ring (bicyclic) bond motifs is 1. The summed E-state index contributed by atoms with van der Waals surface area (Å²) in [6.45, 7) is 0.824. The van der Waals surface area contributed by atoms with E-state index in [4.69, 9.17) is 4.74 Å². The van der Waals surface area contributed by atoms with Crippen LogP contribution in [0, 0.1) is 11.6 Å². The SMILES string of the molecule is COc1ccc(C=CCN(C)C)cc1-c1n[nH]c2nc(Nc3ccc(F)cc3F)ncc12. The summed E-state index contributed by atoms with van der Waals surface area (Å²) in [5, 5.41) is 10.7. The van der Waals surface area contributed by atoms with Crippen molar-refractivity contribution in [3.63, 3.8) is 0 Å². The topological polar surface area (TPSA) is 79.0 Å². The number of aromatic nitrogens is 4. The largest absolute Gasteiger partial charge is 0.496 e. The Bertz CT molecular complexity index is 1280. The Morgan fingerprint density at radius 3 is 2.75 bits per heavy atom. The number of ether oxygens (including phenoxy) is 1. The van der Waals surface area contributed by atoms with E-state index >= 15 is 0 Å². The number of hydrogen-bond donors (Lipinski definition) is 2. The maximum absolute atomic E-state index is 13.9. The van der Waals surface area contributed by atoms with Gasteiger partial charge in [-0.3, -0.25) is 5.10 Å². The van der Waals surface area contributed by atoms with Crippen LogP contribution in [-0.2, 0) is 0 Å². The quantitative estimate of drug-likeness (QED) is 0.440. The lowest BCUT2D eigenvalue weighted by Gasteiger charge is -2.09. The van der Waals surface area contributed by atoms with Gasteiger partial charge in [-0.15, -0.1) is 0 Å². The molecule has 0 aliphatic rings. The van der Waals surface area contributed by atoms with Gasteiger partial charge in [0.05, 0.1) is 18.2 Å². The van der Waals surface area contributed by atoms with Crippen molar-refractivity contribution in [2.24, 2.45) is 0 Å². The minimum absolute atomic E-state index is 0.0735. The number of benzene rings is 2. The van der Waals surface area contributed by atoms with Crippen LogP contribution in [0.3, 0.4) is 0 Å². The van der Waals surface area contributed by atoms with Crippen LogP contribution in [0.15, 0.2) is 48.7 Å². The maximum atomic E-state index is 13.9. The average Bonchev–Trinajstić information content (AvgIpc) is 3.18. The fraction of sp³-hybridized carbons (Fsp3) is 0.174. The van der Waals surface area contributed by atoms with Crippen LogP contribution in [0.4, 0.5) is 20.4 Å². The Morgan fingerprint density at radius 2 is 2.00 bits per heavy atom. The molecule has 0 bridgehead atoms. The van der Waals surface area contributed by atoms with Gasteiger partial charge in [-0.05, 0) is 43.9 Å². The molecule has 2 aromatic heterocycles. The molecular formula is C23H22F2N6O. The molecular weight excluding hydrogens is 414 g/mol. The van der Waals surface area contributed by atoms with Gasteiger partial charge in [0.15, 0.2) is 5.65 Å². The van der Waals surface area contributed by atoms with Crippen molar-refractivity contribution >= 4 is 28.7 Å². The van der Waals surface area contributed by atoms with Crippen LogP contribution in [0.2, 0.25) is 0 Å². The van der Waals surface area contributed by atoms with Crippen molar-refractivity contribution in [1.29, 1.82) is 0 Å². The highest BCUT2D eigenvalue weighted by Crippen LogP contribution is 2.34. The monoisotopic (exact) mass is 436 g/mol. The first-order chi connectivity index (χ1) is 15.4. The normalized spacial score (nSPS) is 11.6. The van der Waals surface area contributed by atoms with Gasteiger partial charge in [0.2, 0.25) is 5.95 Å². The molecule has 0 aliphatic carbocycles. The van der Waals surface area contributed by atoms with Gasteiger partial charge in [-0.2, -0.15) is 10.1 Å². The first kappa shape index (κ1) is 21.4. The number of methoxy groups -OCH3 is 1. The van der Waals surface area contributed by atoms with Crippen LogP contribution in [0.1, 0.15) is 5.56 Å². The number of nitrogens with zero attached hydrogens (tertiary/aromatic N) is 4. The van der Waals surface area contributed by atoms with Crippen LogP contribution >= 0.6 is 0 Å². The summed E-state index contributed by atoms with van der Waals surface area (Å²) in [5.74, 6) is -0.567. The third-order valence-electron chi connectivity index (χ3n) is 4.75. The Morgan fingerprint density at radius 1 is 1.16 bits per heavy atom. The number of H-pyrrole nitrogens is 1. The van der Waals surface area contributed by atoms with E-state index in [1.54, 1.807) is 13.3 Å². The first-order valence-electron chi connectivity index (χ1n) is 9.87. The number of halogens is 2. The molecule has 2 heterocycles. The number of hydrogen-bond acceptors (Lipinski definition) is 6. The maximum Gasteiger partial charge on any atom is 0.229 e. The zero-order chi connectivity index (χ0) is 22.7. The van der Waals surface area contributed by atoms with Crippen molar-refractivity contribution in [3.05, 3.63) is 65.9 Å². The smallest absolute Gasteiger partial charge is 0.229 e. The zero-order valence-electron chi connectivity index (χ0n) is 17.9. The van der Waals surface area contributed by atoms with E-state index in [9.17, 15) is 8.78 Å². The van der Waals surface area contributed by atoms with Crippen molar-refractivity contribution in [1.82, 2.24) is 25.1 Å². The molecule has 0 spiro atoms. The molecule has 2 N–H and O–H groups in total. The predicted octanol–water partition coefficient (Wildman–Crippen LogP) is 4.63. The van der Waals surface area contributed by atoms with Crippen molar-refractivity contribution < 1.29 is 13.5 Å². The van der Waals surface area contributed by atoms with Crippen LogP contribution in [0.25, 0.3) is 28.4 Å². The molecule has 0 unspecified atom stereocenters. The molecule has 9 heteroatoms. The number of rotatable bonds is 7. The average molecular weight is 436 g/mol. The second-order valence-corrected chi connectivity index (χ2v) is 7.40. The van der Waals surface area contributed by atoms with E-state index in [0.29, 0.717) is 22.5 Å². The van der Waals surface area contributed by atoms with Gasteiger partial charge < -0.3 is 15.0 Å². The molecule has 0 fully saturated rings. The van der Waals surface area contributed by atoms with Gasteiger partial charge in [0.25, 0.3) is 0 Å². The van der Waals surface area contributed by atoms with E-state index in [0.717, 1.165) is 29.8 Å². The van der Waals surface area contributed by atoms with Crippen LogP contribution < -0.4 is 10.1 Å². The van der Waals surface area contributed by atoms with E-state index in [1.165, 1.54) is 6.07 Å². The molecule has 0 saturated carbocycles. The summed E-state index contributed by atoms with van der Waals surface area (Å²) in [7, 11) is 5.62. The van der Waals surface area contributed by atoms with Crippen LogP contribution in [0.5, 0.6) is 5.75 Å². The molecule has 0 atom stereocenters. The Labute approximate surface area is 183 Å². The molecule has 164 valence electrons. The van der Waals surface area contributed by atoms with Crippen molar-refractivity contribution in [2.45, 2.75) is 0 Å². The molecule has 4 aromatic rings. The third kappa shape index (κ3) is 4.57. The molecule has 0 amide bonds. The lowest BCUT2D eigenvalue weighted by atomic mass is 10.0. The molecule has 7 nitrogen and oxygen atoms in total. The predicted molar refractivity (Wildman–Crippen MR) is 121 cm³/mol. The van der Waals surface area contributed by atoms with Gasteiger partial charge >= 0.3 is 0 Å². The van der Waals surface area contributed by atoms with Gasteiger partial charge in [-0.25, -0.2) is 13.8 Å². The molecule has 0 radical (unpaired) electrons. The minimum atomic E-state index is -0.733. The summed E-state index contributed by atoms with van der Waals surface area (Å²) in [4.78, 5) is 10.7. The van der Waals surface area contributed by atoms with Gasteiger partial charge in [-0.1, -0.05) is 18.2 Å². The van der Waals surface area contributed by atoms with E-state index in [-0.39, 0.29) is 11.6 Å². The number of nitrogens with one attached hydrogen (secondary N) is 2.